The monoisotopic (exact) mass is 681 g/mol. The quantitative estimate of drug-likeness (QED) is 0.218. The molecule has 0 saturated heterocycles. The van der Waals surface area contributed by atoms with Gasteiger partial charge in [0.05, 0.1) is 0 Å². The van der Waals surface area contributed by atoms with Crippen molar-refractivity contribution >= 4 is 14.9 Å². The fourth-order valence-electron chi connectivity index (χ4n) is 7.30. The third kappa shape index (κ3) is 6.87. The minimum absolute atomic E-state index is 0.0330. The predicted octanol–water partition coefficient (Wildman–Crippen LogP) is 10.1. The van der Waals surface area contributed by atoms with Crippen LogP contribution >= 0.6 is 0 Å². The van der Waals surface area contributed by atoms with E-state index in [0.717, 1.165) is 12.8 Å². The summed E-state index contributed by atoms with van der Waals surface area (Å²) in [5.74, 6) is 0. The van der Waals surface area contributed by atoms with Crippen LogP contribution in [0.4, 0.5) is 0 Å². The van der Waals surface area contributed by atoms with Gasteiger partial charge in [0.1, 0.15) is 0 Å². The Kier molecular flexibility index (Phi) is 10.5. The second-order valence-electron chi connectivity index (χ2n) is 15.1. The molecule has 0 N–H and O–H groups in total. The molecule has 46 heavy (non-hydrogen) atoms. The Morgan fingerprint density at radius 3 is 1.98 bits per heavy atom. The molecule has 3 aliphatic rings. The number of fused-ring (bicyclic) bond motifs is 2. The third-order valence-electron chi connectivity index (χ3n) is 9.83. The molecule has 0 saturated carbocycles. The molecule has 0 aliphatic heterocycles. The van der Waals surface area contributed by atoms with Gasteiger partial charge in [0.25, 0.3) is 0 Å². The summed E-state index contributed by atoms with van der Waals surface area (Å²) in [6, 6.07) is 26.0. The number of benzene rings is 3. The fraction of sp³-hybridized carbons (Fsp3) is 0.356. The molecule has 0 amide bonds. The molecule has 6 rings (SSSR count). The van der Waals surface area contributed by atoms with Crippen LogP contribution in [0.3, 0.4) is 0 Å². The van der Waals surface area contributed by atoms with Gasteiger partial charge in [-0.15, -0.1) is 33.7 Å². The van der Waals surface area contributed by atoms with Crippen molar-refractivity contribution in [2.45, 2.75) is 92.9 Å². The van der Waals surface area contributed by atoms with Crippen LogP contribution in [0.2, 0.25) is 0 Å². The van der Waals surface area contributed by atoms with Crippen molar-refractivity contribution in [1.29, 1.82) is 0 Å². The maximum atomic E-state index is 3.98. The van der Waals surface area contributed by atoms with Crippen molar-refractivity contribution in [2.75, 3.05) is 0 Å². The van der Waals surface area contributed by atoms with Crippen LogP contribution in [0, 0.1) is 10.8 Å². The SMILES string of the molecule is CCCc1cc(C(C)(C)C)cc2c1=C1C=CC(CCC)(C(C)(C)C)C(C3=CC=CC3)=C1[C-]=2.[Zr]=[C](c1ccccc1)c1ccccc1. The van der Waals surface area contributed by atoms with E-state index in [1.807, 2.05) is 0 Å². The van der Waals surface area contributed by atoms with Gasteiger partial charge < -0.3 is 0 Å². The Balaban J connectivity index is 0.000000247. The average Bonchev–Trinajstić information content (AvgIpc) is 3.69. The molecule has 1 atom stereocenters. The topological polar surface area (TPSA) is 0 Å². The molecule has 1 unspecified atom stereocenters. The minimum atomic E-state index is 0.0330. The Morgan fingerprint density at radius 2 is 1.48 bits per heavy atom. The van der Waals surface area contributed by atoms with Crippen LogP contribution in [0.25, 0.3) is 11.6 Å². The molecule has 0 nitrogen and oxygen atoms in total. The van der Waals surface area contributed by atoms with Crippen LogP contribution in [0.15, 0.2) is 120 Å². The zero-order valence-corrected chi connectivity index (χ0v) is 31.8. The molecular weight excluding hydrogens is 632 g/mol. The van der Waals surface area contributed by atoms with Crippen LogP contribution < -0.4 is 10.4 Å². The van der Waals surface area contributed by atoms with Crippen LogP contribution in [0.5, 0.6) is 0 Å². The van der Waals surface area contributed by atoms with Gasteiger partial charge in [0, 0.05) is 0 Å². The zero-order chi connectivity index (χ0) is 33.1. The summed E-state index contributed by atoms with van der Waals surface area (Å²) < 4.78 is 1.42. The molecule has 0 bridgehead atoms. The van der Waals surface area contributed by atoms with Gasteiger partial charge in [-0.25, -0.2) is 0 Å². The van der Waals surface area contributed by atoms with E-state index < -0.39 is 0 Å². The molecule has 0 spiro atoms. The molecule has 1 heteroatoms. The van der Waals surface area contributed by atoms with Gasteiger partial charge in [0.2, 0.25) is 0 Å². The molecular formula is C45H51Zr-. The summed E-state index contributed by atoms with van der Waals surface area (Å²) in [5.41, 5.74) is 11.7. The second kappa shape index (κ2) is 14.1. The average molecular weight is 683 g/mol. The van der Waals surface area contributed by atoms with Crippen molar-refractivity contribution in [2.24, 2.45) is 10.8 Å². The number of hydrogen-bond donors (Lipinski definition) is 0. The summed E-state index contributed by atoms with van der Waals surface area (Å²) in [6.45, 7) is 18.9. The van der Waals surface area contributed by atoms with Gasteiger partial charge in [-0.05, 0) is 35.5 Å². The molecule has 0 fully saturated rings. The molecule has 3 aromatic rings. The van der Waals surface area contributed by atoms with E-state index >= 15 is 0 Å². The molecule has 0 aromatic heterocycles. The molecule has 3 aromatic carbocycles. The van der Waals surface area contributed by atoms with Gasteiger partial charge in [-0.2, -0.15) is 0 Å². The van der Waals surface area contributed by atoms with E-state index in [1.54, 1.807) is 0 Å². The summed E-state index contributed by atoms with van der Waals surface area (Å²) in [4.78, 5) is 0. The number of hydrogen-bond acceptors (Lipinski definition) is 0. The van der Waals surface area contributed by atoms with Crippen LogP contribution in [0.1, 0.15) is 103 Å². The summed E-state index contributed by atoms with van der Waals surface area (Å²) in [6.07, 6.45) is 21.6. The van der Waals surface area contributed by atoms with Gasteiger partial charge >= 0.3 is 99.2 Å². The van der Waals surface area contributed by atoms with Crippen molar-refractivity contribution < 1.29 is 24.2 Å². The summed E-state index contributed by atoms with van der Waals surface area (Å²) in [5, 5.41) is 2.75. The van der Waals surface area contributed by atoms with E-state index in [1.165, 1.54) is 102 Å². The number of allylic oxidation sites excluding steroid dienone is 8. The van der Waals surface area contributed by atoms with E-state index in [-0.39, 0.29) is 16.2 Å². The Bertz CT molecular complexity index is 1790. The molecule has 236 valence electrons. The van der Waals surface area contributed by atoms with Gasteiger partial charge in [-0.3, -0.25) is 0 Å². The van der Waals surface area contributed by atoms with E-state index in [4.69, 9.17) is 0 Å². The van der Waals surface area contributed by atoms with Gasteiger partial charge in [0.15, 0.2) is 0 Å². The van der Waals surface area contributed by atoms with Crippen LogP contribution in [-0.2, 0) is 36.1 Å². The molecule has 0 heterocycles. The van der Waals surface area contributed by atoms with Crippen molar-refractivity contribution in [3.8, 4) is 0 Å². The van der Waals surface area contributed by atoms with Crippen molar-refractivity contribution in [1.82, 2.24) is 0 Å². The molecule has 0 radical (unpaired) electrons. The second-order valence-corrected chi connectivity index (χ2v) is 16.3. The first kappa shape index (κ1) is 34.4. The van der Waals surface area contributed by atoms with Crippen LogP contribution in [-0.4, -0.2) is 3.21 Å². The summed E-state index contributed by atoms with van der Waals surface area (Å²) in [7, 11) is 0. The van der Waals surface area contributed by atoms with Crippen molar-refractivity contribution in [3.05, 3.63) is 153 Å². The normalized spacial score (nSPS) is 18.4. The first-order valence-electron chi connectivity index (χ1n) is 17.2. The van der Waals surface area contributed by atoms with E-state index in [9.17, 15) is 0 Å². The van der Waals surface area contributed by atoms with Gasteiger partial charge in [-0.1, -0.05) is 127 Å². The number of rotatable bonds is 7. The van der Waals surface area contributed by atoms with Crippen molar-refractivity contribution in [3.63, 3.8) is 0 Å². The van der Waals surface area contributed by atoms with E-state index in [0.29, 0.717) is 0 Å². The number of aryl methyl sites for hydroxylation is 1. The third-order valence-corrected chi connectivity index (χ3v) is 11.3. The fourth-order valence-corrected chi connectivity index (χ4v) is 8.12. The first-order chi connectivity index (χ1) is 21.9. The Labute approximate surface area is 293 Å². The van der Waals surface area contributed by atoms with E-state index in [2.05, 4.69) is 165 Å². The predicted molar refractivity (Wildman–Crippen MR) is 196 cm³/mol. The Hall–Kier alpha value is -2.89. The maximum absolute atomic E-state index is 3.98. The zero-order valence-electron chi connectivity index (χ0n) is 29.4. The molecule has 3 aliphatic carbocycles. The summed E-state index contributed by atoms with van der Waals surface area (Å²) >= 11 is 1.46. The standard InChI is InChI=1S/C32H41.C13H10.Zr/c1-9-13-23-19-25(30(3,4)5)20-24-21-27-26(28(23)24)16-18-32(17-10-2,31(6,7)8)29(27)22-14-11-12-15-22;1-3-7-12(8-4-1)11-13-9-5-2-6-10-13;/h11-12,14,16,18-20H,9-10,13,15,17H2,1-8H3;1-10H;/q-1;;. The Morgan fingerprint density at radius 1 is 0.848 bits per heavy atom. The first-order valence-corrected chi connectivity index (χ1v) is 18.5.